The van der Waals surface area contributed by atoms with Gasteiger partial charge in [-0.25, -0.2) is 0 Å². The van der Waals surface area contributed by atoms with E-state index < -0.39 is 0 Å². The van der Waals surface area contributed by atoms with Gasteiger partial charge in [-0.1, -0.05) is 6.92 Å². The van der Waals surface area contributed by atoms with Crippen molar-refractivity contribution in [3.05, 3.63) is 0 Å². The average molecular weight is 228 g/mol. The number of rotatable bonds is 6. The standard InChI is InChI=1S/C12H24N2O2/c1-10(12(15)16-3)8-13-11(2)9-14-6-4-5-7-14/h10-11,13H,4-9H2,1-3H3. The summed E-state index contributed by atoms with van der Waals surface area (Å²) in [7, 11) is 1.44. The third-order valence-corrected chi connectivity index (χ3v) is 3.11. The highest BCUT2D eigenvalue weighted by molar-refractivity contribution is 5.72. The van der Waals surface area contributed by atoms with E-state index in [1.165, 1.54) is 33.0 Å². The highest BCUT2D eigenvalue weighted by atomic mass is 16.5. The molecule has 2 unspecified atom stereocenters. The smallest absolute Gasteiger partial charge is 0.309 e. The zero-order valence-corrected chi connectivity index (χ0v) is 10.7. The molecule has 16 heavy (non-hydrogen) atoms. The molecular formula is C12H24N2O2. The zero-order valence-electron chi connectivity index (χ0n) is 10.7. The van der Waals surface area contributed by atoms with E-state index in [1.54, 1.807) is 0 Å². The SMILES string of the molecule is COC(=O)C(C)CNC(C)CN1CCCC1. The molecule has 0 spiro atoms. The normalized spacial score (nSPS) is 20.7. The molecule has 94 valence electrons. The van der Waals surface area contributed by atoms with Gasteiger partial charge in [0.05, 0.1) is 13.0 Å². The minimum Gasteiger partial charge on any atom is -0.469 e. The lowest BCUT2D eigenvalue weighted by Crippen LogP contribution is -2.40. The Morgan fingerprint density at radius 3 is 2.56 bits per heavy atom. The van der Waals surface area contributed by atoms with Gasteiger partial charge in [-0.05, 0) is 32.9 Å². The van der Waals surface area contributed by atoms with Crippen LogP contribution < -0.4 is 5.32 Å². The number of hydrogen-bond donors (Lipinski definition) is 1. The number of esters is 1. The molecule has 1 fully saturated rings. The predicted octanol–water partition coefficient (Wildman–Crippen LogP) is 0.869. The van der Waals surface area contributed by atoms with E-state index in [0.29, 0.717) is 12.6 Å². The van der Waals surface area contributed by atoms with Gasteiger partial charge in [0.1, 0.15) is 0 Å². The maximum absolute atomic E-state index is 11.2. The van der Waals surface area contributed by atoms with E-state index in [9.17, 15) is 4.79 Å². The van der Waals surface area contributed by atoms with E-state index in [2.05, 4.69) is 21.9 Å². The molecule has 1 rings (SSSR count). The second-order valence-electron chi connectivity index (χ2n) is 4.74. The lowest BCUT2D eigenvalue weighted by atomic mass is 10.1. The molecule has 2 atom stereocenters. The van der Waals surface area contributed by atoms with Crippen molar-refractivity contribution in [2.45, 2.75) is 32.7 Å². The third kappa shape index (κ3) is 4.49. The first-order valence-electron chi connectivity index (χ1n) is 6.17. The lowest BCUT2D eigenvalue weighted by molar-refractivity contribution is -0.144. The summed E-state index contributed by atoms with van der Waals surface area (Å²) in [5, 5.41) is 3.38. The maximum Gasteiger partial charge on any atom is 0.309 e. The van der Waals surface area contributed by atoms with Crippen molar-refractivity contribution in [3.8, 4) is 0 Å². The first-order valence-corrected chi connectivity index (χ1v) is 6.17. The van der Waals surface area contributed by atoms with Crippen LogP contribution in [0.15, 0.2) is 0 Å². The molecule has 1 aliphatic heterocycles. The van der Waals surface area contributed by atoms with Gasteiger partial charge >= 0.3 is 5.97 Å². The van der Waals surface area contributed by atoms with Gasteiger partial charge in [-0.15, -0.1) is 0 Å². The van der Waals surface area contributed by atoms with Gasteiger partial charge in [0.2, 0.25) is 0 Å². The van der Waals surface area contributed by atoms with Gasteiger partial charge in [-0.2, -0.15) is 0 Å². The fourth-order valence-corrected chi connectivity index (χ4v) is 2.08. The molecule has 1 heterocycles. The number of methoxy groups -OCH3 is 1. The monoisotopic (exact) mass is 228 g/mol. The maximum atomic E-state index is 11.2. The Labute approximate surface area is 98.3 Å². The van der Waals surface area contributed by atoms with E-state index in [1.807, 2.05) is 6.92 Å². The average Bonchev–Trinajstić information content (AvgIpc) is 2.77. The number of hydrogen-bond acceptors (Lipinski definition) is 4. The summed E-state index contributed by atoms with van der Waals surface area (Å²) >= 11 is 0. The number of nitrogens with zero attached hydrogens (tertiary/aromatic N) is 1. The molecule has 4 nitrogen and oxygen atoms in total. The van der Waals surface area contributed by atoms with E-state index >= 15 is 0 Å². The van der Waals surface area contributed by atoms with Gasteiger partial charge < -0.3 is 15.0 Å². The molecule has 0 bridgehead atoms. The van der Waals surface area contributed by atoms with Crippen molar-refractivity contribution in [3.63, 3.8) is 0 Å². The first-order chi connectivity index (χ1) is 7.63. The van der Waals surface area contributed by atoms with Crippen molar-refractivity contribution < 1.29 is 9.53 Å². The lowest BCUT2D eigenvalue weighted by Gasteiger charge is -2.22. The number of nitrogens with one attached hydrogen (secondary N) is 1. The number of likely N-dealkylation sites (tertiary alicyclic amines) is 1. The second kappa shape index (κ2) is 6.86. The Balaban J connectivity index is 2.13. The van der Waals surface area contributed by atoms with Crippen molar-refractivity contribution >= 4 is 5.97 Å². The Bertz CT molecular complexity index is 215. The van der Waals surface area contributed by atoms with Crippen LogP contribution in [-0.2, 0) is 9.53 Å². The summed E-state index contributed by atoms with van der Waals surface area (Å²) < 4.78 is 4.69. The van der Waals surface area contributed by atoms with Gasteiger partial charge in [-0.3, -0.25) is 4.79 Å². The minimum absolute atomic E-state index is 0.0639. The summed E-state index contributed by atoms with van der Waals surface area (Å²) in [6, 6.07) is 0.435. The quantitative estimate of drug-likeness (QED) is 0.685. The van der Waals surface area contributed by atoms with Crippen LogP contribution in [0.4, 0.5) is 0 Å². The Kier molecular flexibility index (Phi) is 5.77. The minimum atomic E-state index is -0.138. The molecule has 0 aromatic carbocycles. The van der Waals surface area contributed by atoms with E-state index in [0.717, 1.165) is 6.54 Å². The molecule has 0 amide bonds. The van der Waals surface area contributed by atoms with E-state index in [-0.39, 0.29) is 11.9 Å². The van der Waals surface area contributed by atoms with Crippen LogP contribution >= 0.6 is 0 Å². The number of ether oxygens (including phenoxy) is 1. The third-order valence-electron chi connectivity index (χ3n) is 3.11. The molecule has 1 N–H and O–H groups in total. The molecular weight excluding hydrogens is 204 g/mol. The highest BCUT2D eigenvalue weighted by Crippen LogP contribution is 2.07. The highest BCUT2D eigenvalue weighted by Gasteiger charge is 2.17. The summed E-state index contributed by atoms with van der Waals surface area (Å²) in [6.45, 7) is 8.27. The van der Waals surface area contributed by atoms with Gasteiger partial charge in [0, 0.05) is 19.1 Å². The molecule has 0 aromatic rings. The summed E-state index contributed by atoms with van der Waals surface area (Å²) in [5.41, 5.74) is 0. The van der Waals surface area contributed by atoms with Crippen molar-refractivity contribution in [2.75, 3.05) is 33.3 Å². The fraction of sp³-hybridized carbons (Fsp3) is 0.917. The van der Waals surface area contributed by atoms with Crippen LogP contribution in [0.25, 0.3) is 0 Å². The van der Waals surface area contributed by atoms with Crippen LogP contribution in [0.1, 0.15) is 26.7 Å². The molecule has 4 heteroatoms. The van der Waals surface area contributed by atoms with Crippen molar-refractivity contribution in [2.24, 2.45) is 5.92 Å². The van der Waals surface area contributed by atoms with Crippen LogP contribution in [0.2, 0.25) is 0 Å². The molecule has 0 saturated carbocycles. The molecule has 0 aromatic heterocycles. The van der Waals surface area contributed by atoms with Crippen molar-refractivity contribution in [1.29, 1.82) is 0 Å². The Hall–Kier alpha value is -0.610. The topological polar surface area (TPSA) is 41.6 Å². The summed E-state index contributed by atoms with van der Waals surface area (Å²) in [5.74, 6) is -0.202. The van der Waals surface area contributed by atoms with Crippen LogP contribution in [0.3, 0.4) is 0 Å². The largest absolute Gasteiger partial charge is 0.469 e. The molecule has 1 aliphatic rings. The van der Waals surface area contributed by atoms with Gasteiger partial charge in [0.25, 0.3) is 0 Å². The number of carbonyl (C=O) groups excluding carboxylic acids is 1. The molecule has 1 saturated heterocycles. The fourth-order valence-electron chi connectivity index (χ4n) is 2.08. The van der Waals surface area contributed by atoms with Crippen molar-refractivity contribution in [1.82, 2.24) is 10.2 Å². The Morgan fingerprint density at radius 2 is 2.00 bits per heavy atom. The van der Waals surface area contributed by atoms with Gasteiger partial charge in [0.15, 0.2) is 0 Å². The second-order valence-corrected chi connectivity index (χ2v) is 4.74. The summed E-state index contributed by atoms with van der Waals surface area (Å²) in [6.07, 6.45) is 2.65. The molecule has 0 aliphatic carbocycles. The van der Waals surface area contributed by atoms with Crippen LogP contribution in [0.5, 0.6) is 0 Å². The van der Waals surface area contributed by atoms with Crippen LogP contribution in [-0.4, -0.2) is 50.2 Å². The molecule has 0 radical (unpaired) electrons. The van der Waals surface area contributed by atoms with E-state index in [4.69, 9.17) is 0 Å². The Morgan fingerprint density at radius 1 is 1.38 bits per heavy atom. The van der Waals surface area contributed by atoms with Crippen LogP contribution in [0, 0.1) is 5.92 Å². The number of carbonyl (C=O) groups is 1. The zero-order chi connectivity index (χ0) is 12.0. The predicted molar refractivity (Wildman–Crippen MR) is 64.3 cm³/mol. The first kappa shape index (κ1) is 13.5. The summed E-state index contributed by atoms with van der Waals surface area (Å²) in [4.78, 5) is 13.7.